The van der Waals surface area contributed by atoms with Crippen molar-refractivity contribution in [2.75, 3.05) is 56.7 Å². The maximum absolute atomic E-state index is 5.51. The zero-order valence-corrected chi connectivity index (χ0v) is 21.6. The van der Waals surface area contributed by atoms with E-state index in [0.717, 1.165) is 44.1 Å². The summed E-state index contributed by atoms with van der Waals surface area (Å²) in [5.41, 5.74) is 3.67. The second-order valence-electron chi connectivity index (χ2n) is 10.7. The lowest BCUT2D eigenvalue weighted by molar-refractivity contribution is 0.374. The van der Waals surface area contributed by atoms with Crippen molar-refractivity contribution in [3.05, 3.63) is 53.7 Å². The maximum atomic E-state index is 5.51. The number of anilines is 2. The predicted octanol–water partition coefficient (Wildman–Crippen LogP) is 3.85. The molecular formula is C29H38N6O. The van der Waals surface area contributed by atoms with Gasteiger partial charge in [0.1, 0.15) is 5.82 Å². The van der Waals surface area contributed by atoms with Gasteiger partial charge >= 0.3 is 6.01 Å². The average Bonchev–Trinajstić information content (AvgIpc) is 3.54. The molecule has 0 radical (unpaired) electrons. The Morgan fingerprint density at radius 2 is 1.64 bits per heavy atom. The minimum Gasteiger partial charge on any atom is -0.467 e. The summed E-state index contributed by atoms with van der Waals surface area (Å²) in [6, 6.07) is 16.8. The fraction of sp³-hybridized carbons (Fsp3) is 0.517. The van der Waals surface area contributed by atoms with E-state index in [2.05, 4.69) is 69.5 Å². The second kappa shape index (κ2) is 10.2. The molecule has 7 rings (SSSR count). The van der Waals surface area contributed by atoms with Gasteiger partial charge in [0.15, 0.2) is 0 Å². The Morgan fingerprint density at radius 3 is 2.36 bits per heavy atom. The second-order valence-corrected chi connectivity index (χ2v) is 10.7. The van der Waals surface area contributed by atoms with Crippen LogP contribution in [0.2, 0.25) is 0 Å². The van der Waals surface area contributed by atoms with Gasteiger partial charge in [-0.05, 0) is 63.7 Å². The number of rotatable bonds is 3. The highest BCUT2D eigenvalue weighted by Gasteiger charge is 2.35. The Balaban J connectivity index is 0.000000353. The highest BCUT2D eigenvalue weighted by atomic mass is 16.5. The Bertz CT molecular complexity index is 1190. The molecule has 3 saturated heterocycles. The number of hydrogen-bond acceptors (Lipinski definition) is 7. The molecule has 0 saturated carbocycles. The van der Waals surface area contributed by atoms with Crippen molar-refractivity contribution in [2.45, 2.75) is 50.7 Å². The third-order valence-electron chi connectivity index (χ3n) is 8.16. The summed E-state index contributed by atoms with van der Waals surface area (Å²) < 4.78 is 5.51. The predicted molar refractivity (Wildman–Crippen MR) is 146 cm³/mol. The van der Waals surface area contributed by atoms with E-state index < -0.39 is 0 Å². The first-order valence-corrected chi connectivity index (χ1v) is 13.5. The molecule has 3 aromatic rings. The molecule has 0 amide bonds. The Labute approximate surface area is 214 Å². The molecule has 7 heteroatoms. The SMILES string of the molecule is CN1CCCC1.COc1nc2c(c(N3CC4CCC(C3)N4)n1)CCN(c1cccc3ccccc13)C2. The van der Waals surface area contributed by atoms with E-state index >= 15 is 0 Å². The maximum Gasteiger partial charge on any atom is 0.318 e. The van der Waals surface area contributed by atoms with E-state index in [1.165, 1.54) is 60.8 Å². The zero-order chi connectivity index (χ0) is 24.5. The summed E-state index contributed by atoms with van der Waals surface area (Å²) >= 11 is 0. The first-order chi connectivity index (χ1) is 17.7. The van der Waals surface area contributed by atoms with E-state index in [-0.39, 0.29) is 0 Å². The number of methoxy groups -OCH3 is 1. The molecule has 2 bridgehead atoms. The van der Waals surface area contributed by atoms with Crippen LogP contribution in [-0.4, -0.2) is 73.8 Å². The van der Waals surface area contributed by atoms with E-state index in [9.17, 15) is 0 Å². The summed E-state index contributed by atoms with van der Waals surface area (Å²) in [7, 11) is 3.84. The largest absolute Gasteiger partial charge is 0.467 e. The lowest BCUT2D eigenvalue weighted by Gasteiger charge is -2.37. The molecule has 190 valence electrons. The number of piperazine rings is 1. The highest BCUT2D eigenvalue weighted by Crippen LogP contribution is 2.35. The first-order valence-electron chi connectivity index (χ1n) is 13.5. The van der Waals surface area contributed by atoms with Crippen molar-refractivity contribution in [1.29, 1.82) is 0 Å². The van der Waals surface area contributed by atoms with Crippen LogP contribution in [0.5, 0.6) is 6.01 Å². The van der Waals surface area contributed by atoms with Gasteiger partial charge in [-0.15, -0.1) is 0 Å². The molecule has 4 aliphatic heterocycles. The summed E-state index contributed by atoms with van der Waals surface area (Å²) in [4.78, 5) is 16.9. The van der Waals surface area contributed by atoms with Crippen LogP contribution >= 0.6 is 0 Å². The quantitative estimate of drug-likeness (QED) is 0.603. The molecule has 2 atom stereocenters. The van der Waals surface area contributed by atoms with Crippen molar-refractivity contribution < 1.29 is 4.74 Å². The van der Waals surface area contributed by atoms with E-state index in [1.54, 1.807) is 7.11 Å². The molecule has 1 aromatic heterocycles. The average molecular weight is 487 g/mol. The van der Waals surface area contributed by atoms with Crippen molar-refractivity contribution in [3.63, 3.8) is 0 Å². The third-order valence-corrected chi connectivity index (χ3v) is 8.16. The molecule has 1 N–H and O–H groups in total. The Kier molecular flexibility index (Phi) is 6.67. The number of likely N-dealkylation sites (tertiary alicyclic amines) is 1. The topological polar surface area (TPSA) is 56.8 Å². The van der Waals surface area contributed by atoms with Crippen LogP contribution in [-0.2, 0) is 13.0 Å². The molecule has 0 aliphatic carbocycles. The van der Waals surface area contributed by atoms with Crippen LogP contribution in [0, 0.1) is 0 Å². The van der Waals surface area contributed by atoms with Crippen LogP contribution in [0.15, 0.2) is 42.5 Å². The van der Waals surface area contributed by atoms with Crippen LogP contribution in [0.1, 0.15) is 36.9 Å². The molecule has 7 nitrogen and oxygen atoms in total. The lowest BCUT2D eigenvalue weighted by atomic mass is 10.0. The van der Waals surface area contributed by atoms with Gasteiger partial charge in [-0.25, -0.2) is 0 Å². The Hall–Kier alpha value is -2.90. The van der Waals surface area contributed by atoms with Gasteiger partial charge in [-0.1, -0.05) is 36.4 Å². The molecular weight excluding hydrogens is 448 g/mol. The van der Waals surface area contributed by atoms with Crippen molar-refractivity contribution >= 4 is 22.3 Å². The fourth-order valence-corrected chi connectivity index (χ4v) is 6.28. The van der Waals surface area contributed by atoms with E-state index in [0.29, 0.717) is 18.1 Å². The summed E-state index contributed by atoms with van der Waals surface area (Å²) in [6.45, 7) is 6.45. The van der Waals surface area contributed by atoms with Gasteiger partial charge in [0, 0.05) is 48.4 Å². The monoisotopic (exact) mass is 486 g/mol. The van der Waals surface area contributed by atoms with Gasteiger partial charge < -0.3 is 24.8 Å². The standard InChI is InChI=1S/C24H27N5O.C5H11N/c1-30-24-26-21-15-28(22-8-4-6-16-5-2-3-7-19(16)22)12-11-20(21)23(27-24)29-13-17-9-10-18(14-29)25-17;1-6-4-2-3-5-6/h2-8,17-18,25H,9-15H2,1H3;2-5H2,1H3. The van der Waals surface area contributed by atoms with Crippen molar-refractivity contribution in [2.24, 2.45) is 0 Å². The zero-order valence-electron chi connectivity index (χ0n) is 21.6. The molecule has 0 spiro atoms. The van der Waals surface area contributed by atoms with Gasteiger partial charge in [0.25, 0.3) is 0 Å². The van der Waals surface area contributed by atoms with Gasteiger partial charge in [0.2, 0.25) is 0 Å². The molecule has 5 heterocycles. The van der Waals surface area contributed by atoms with Gasteiger partial charge in [-0.2, -0.15) is 9.97 Å². The minimum atomic E-state index is 0.481. The number of benzene rings is 2. The fourth-order valence-electron chi connectivity index (χ4n) is 6.28. The van der Waals surface area contributed by atoms with Crippen LogP contribution in [0.3, 0.4) is 0 Å². The van der Waals surface area contributed by atoms with Crippen molar-refractivity contribution in [3.8, 4) is 6.01 Å². The van der Waals surface area contributed by atoms with Crippen LogP contribution in [0.25, 0.3) is 10.8 Å². The number of aromatic nitrogens is 2. The molecule has 4 aliphatic rings. The normalized spacial score (nSPS) is 23.4. The van der Waals surface area contributed by atoms with E-state index in [4.69, 9.17) is 14.7 Å². The molecule has 2 unspecified atom stereocenters. The minimum absolute atomic E-state index is 0.481. The third kappa shape index (κ3) is 4.74. The summed E-state index contributed by atoms with van der Waals surface area (Å²) in [6.07, 6.45) is 6.31. The highest BCUT2D eigenvalue weighted by molar-refractivity contribution is 5.94. The number of fused-ring (bicyclic) bond motifs is 4. The molecule has 3 fully saturated rings. The number of hydrogen-bond donors (Lipinski definition) is 1. The van der Waals surface area contributed by atoms with Gasteiger partial charge in [-0.3, -0.25) is 0 Å². The Morgan fingerprint density at radius 1 is 0.889 bits per heavy atom. The number of ether oxygens (including phenoxy) is 1. The smallest absolute Gasteiger partial charge is 0.318 e. The van der Waals surface area contributed by atoms with E-state index in [1.807, 2.05) is 0 Å². The molecule has 2 aromatic carbocycles. The lowest BCUT2D eigenvalue weighted by Crippen LogP contribution is -2.52. The van der Waals surface area contributed by atoms with Gasteiger partial charge in [0.05, 0.1) is 19.3 Å². The van der Waals surface area contributed by atoms with Crippen LogP contribution < -0.4 is 19.9 Å². The van der Waals surface area contributed by atoms with Crippen molar-refractivity contribution in [1.82, 2.24) is 20.2 Å². The van der Waals surface area contributed by atoms with Crippen LogP contribution in [0.4, 0.5) is 11.5 Å². The summed E-state index contributed by atoms with van der Waals surface area (Å²) in [5.74, 6) is 1.09. The number of nitrogens with zero attached hydrogens (tertiary/aromatic N) is 5. The number of nitrogens with one attached hydrogen (secondary N) is 1. The first kappa shape index (κ1) is 23.5. The molecule has 36 heavy (non-hydrogen) atoms. The summed E-state index contributed by atoms with van der Waals surface area (Å²) in [5, 5.41) is 6.29.